The third-order valence-corrected chi connectivity index (χ3v) is 4.47. The molecule has 4 nitrogen and oxygen atoms in total. The number of furan rings is 1. The average molecular weight is 286 g/mol. The fraction of sp³-hybridized carbons (Fsp3) is 0.167. The number of benzene rings is 1. The van der Waals surface area contributed by atoms with E-state index >= 15 is 0 Å². The highest BCUT2D eigenvalue weighted by Gasteiger charge is 2.21. The summed E-state index contributed by atoms with van der Waals surface area (Å²) < 4.78 is 31.9. The van der Waals surface area contributed by atoms with Crippen LogP contribution in [0.4, 0.5) is 0 Å². The molecule has 0 amide bonds. The van der Waals surface area contributed by atoms with Crippen molar-refractivity contribution in [3.63, 3.8) is 0 Å². The predicted octanol–water partition coefficient (Wildman–Crippen LogP) is 2.97. The molecule has 0 radical (unpaired) electrons. The Morgan fingerprint density at radius 1 is 1.22 bits per heavy atom. The van der Waals surface area contributed by atoms with E-state index in [1.807, 2.05) is 0 Å². The SMILES string of the molecule is C[C@H](NS(=O)(=O)c1ccccc1Cl)c1ccco1. The summed E-state index contributed by atoms with van der Waals surface area (Å²) in [5.74, 6) is 0.547. The van der Waals surface area contributed by atoms with Crippen LogP contribution in [0.5, 0.6) is 0 Å². The van der Waals surface area contributed by atoms with Gasteiger partial charge in [-0.2, -0.15) is 0 Å². The van der Waals surface area contributed by atoms with E-state index in [2.05, 4.69) is 4.72 Å². The fourth-order valence-electron chi connectivity index (χ4n) is 1.55. The van der Waals surface area contributed by atoms with Crippen LogP contribution < -0.4 is 4.72 Å². The van der Waals surface area contributed by atoms with E-state index in [1.165, 1.54) is 18.4 Å². The van der Waals surface area contributed by atoms with E-state index in [4.69, 9.17) is 16.0 Å². The molecule has 0 bridgehead atoms. The molecule has 1 heterocycles. The van der Waals surface area contributed by atoms with E-state index < -0.39 is 16.1 Å². The maximum atomic E-state index is 12.1. The first-order chi connectivity index (χ1) is 8.50. The van der Waals surface area contributed by atoms with Crippen molar-refractivity contribution in [1.82, 2.24) is 4.72 Å². The van der Waals surface area contributed by atoms with Crippen molar-refractivity contribution in [2.45, 2.75) is 17.9 Å². The van der Waals surface area contributed by atoms with Crippen molar-refractivity contribution in [3.8, 4) is 0 Å². The second-order valence-corrected chi connectivity index (χ2v) is 5.88. The highest BCUT2D eigenvalue weighted by Crippen LogP contribution is 2.23. The Kier molecular flexibility index (Phi) is 3.75. The first-order valence-corrected chi connectivity index (χ1v) is 7.17. The molecular formula is C12H12ClNO3S. The molecule has 18 heavy (non-hydrogen) atoms. The molecule has 0 fully saturated rings. The molecule has 1 aromatic heterocycles. The van der Waals surface area contributed by atoms with Gasteiger partial charge in [-0.15, -0.1) is 0 Å². The quantitative estimate of drug-likeness (QED) is 0.939. The van der Waals surface area contributed by atoms with Gasteiger partial charge in [0.15, 0.2) is 0 Å². The standard InChI is InChI=1S/C12H12ClNO3S/c1-9(11-6-4-8-17-11)14-18(15,16)12-7-3-2-5-10(12)13/h2-9,14H,1H3/t9-/m0/s1. The summed E-state index contributed by atoms with van der Waals surface area (Å²) in [6.45, 7) is 1.70. The monoisotopic (exact) mass is 285 g/mol. The zero-order valence-corrected chi connectivity index (χ0v) is 11.2. The Morgan fingerprint density at radius 2 is 1.94 bits per heavy atom. The summed E-state index contributed by atoms with van der Waals surface area (Å²) in [4.78, 5) is 0.0603. The minimum Gasteiger partial charge on any atom is -0.468 e. The van der Waals surface area contributed by atoms with Crippen LogP contribution in [0.3, 0.4) is 0 Å². The van der Waals surface area contributed by atoms with Crippen molar-refractivity contribution < 1.29 is 12.8 Å². The highest BCUT2D eigenvalue weighted by molar-refractivity contribution is 7.89. The number of sulfonamides is 1. The Hall–Kier alpha value is -1.30. The van der Waals surface area contributed by atoms with Gasteiger partial charge < -0.3 is 4.42 Å². The minimum atomic E-state index is -3.66. The Balaban J connectivity index is 2.26. The zero-order valence-electron chi connectivity index (χ0n) is 9.63. The van der Waals surface area contributed by atoms with Gasteiger partial charge in [0.2, 0.25) is 10.0 Å². The number of nitrogens with one attached hydrogen (secondary N) is 1. The summed E-state index contributed by atoms with van der Waals surface area (Å²) in [5.41, 5.74) is 0. The summed E-state index contributed by atoms with van der Waals surface area (Å²) in [6.07, 6.45) is 1.50. The summed E-state index contributed by atoms with van der Waals surface area (Å²) in [6, 6.07) is 9.25. The van der Waals surface area contributed by atoms with Crippen molar-refractivity contribution in [2.24, 2.45) is 0 Å². The number of rotatable bonds is 4. The van der Waals surface area contributed by atoms with Crippen molar-refractivity contribution in [2.75, 3.05) is 0 Å². The summed E-state index contributed by atoms with van der Waals surface area (Å²) in [7, 11) is -3.66. The highest BCUT2D eigenvalue weighted by atomic mass is 35.5. The van der Waals surface area contributed by atoms with Crippen molar-refractivity contribution in [1.29, 1.82) is 0 Å². The lowest BCUT2D eigenvalue weighted by molar-refractivity contribution is 0.459. The van der Waals surface area contributed by atoms with Gasteiger partial charge in [-0.25, -0.2) is 13.1 Å². The Morgan fingerprint density at radius 3 is 2.56 bits per heavy atom. The van der Waals surface area contributed by atoms with Crippen LogP contribution in [0.15, 0.2) is 52.0 Å². The van der Waals surface area contributed by atoms with Crippen LogP contribution in [0.1, 0.15) is 18.7 Å². The predicted molar refractivity (Wildman–Crippen MR) is 68.9 cm³/mol. The Labute approximate surface area is 111 Å². The molecule has 96 valence electrons. The fourth-order valence-corrected chi connectivity index (χ4v) is 3.29. The minimum absolute atomic E-state index is 0.0603. The molecule has 1 N–H and O–H groups in total. The molecule has 2 aromatic rings. The molecular weight excluding hydrogens is 274 g/mol. The van der Waals surface area contributed by atoms with Crippen molar-refractivity contribution in [3.05, 3.63) is 53.4 Å². The molecule has 1 aromatic carbocycles. The molecule has 0 unspecified atom stereocenters. The second kappa shape index (κ2) is 5.14. The van der Waals surface area contributed by atoms with Gasteiger partial charge in [-0.1, -0.05) is 23.7 Å². The second-order valence-electron chi connectivity index (χ2n) is 3.79. The summed E-state index contributed by atoms with van der Waals surface area (Å²) >= 11 is 5.87. The molecule has 0 saturated carbocycles. The van der Waals surface area contributed by atoms with Gasteiger partial charge in [0.25, 0.3) is 0 Å². The third-order valence-electron chi connectivity index (χ3n) is 2.43. The van der Waals surface area contributed by atoms with Gasteiger partial charge in [0, 0.05) is 0 Å². The van der Waals surface area contributed by atoms with Gasteiger partial charge in [0.05, 0.1) is 17.3 Å². The lowest BCUT2D eigenvalue weighted by Crippen LogP contribution is -2.26. The van der Waals surface area contributed by atoms with Crippen LogP contribution in [0, 0.1) is 0 Å². The van der Waals surface area contributed by atoms with Gasteiger partial charge in [-0.05, 0) is 31.2 Å². The molecule has 0 aliphatic heterocycles. The normalized spacial score (nSPS) is 13.4. The summed E-state index contributed by atoms with van der Waals surface area (Å²) in [5, 5.41) is 0.191. The van der Waals surface area contributed by atoms with Crippen LogP contribution in [0.2, 0.25) is 5.02 Å². The van der Waals surface area contributed by atoms with Crippen LogP contribution in [-0.4, -0.2) is 8.42 Å². The lowest BCUT2D eigenvalue weighted by atomic mass is 10.3. The van der Waals surface area contributed by atoms with Gasteiger partial charge in [0.1, 0.15) is 10.7 Å². The smallest absolute Gasteiger partial charge is 0.242 e. The van der Waals surface area contributed by atoms with E-state index in [0.29, 0.717) is 5.76 Å². The topological polar surface area (TPSA) is 59.3 Å². The number of halogens is 1. The number of hydrogen-bond acceptors (Lipinski definition) is 3. The molecule has 0 aliphatic carbocycles. The molecule has 6 heteroatoms. The van der Waals surface area contributed by atoms with E-state index in [1.54, 1.807) is 31.2 Å². The van der Waals surface area contributed by atoms with Crippen LogP contribution in [-0.2, 0) is 10.0 Å². The first-order valence-electron chi connectivity index (χ1n) is 5.31. The molecule has 0 saturated heterocycles. The Bertz CT molecular complexity index is 623. The zero-order chi connectivity index (χ0) is 13.2. The van der Waals surface area contributed by atoms with E-state index in [9.17, 15) is 8.42 Å². The maximum absolute atomic E-state index is 12.1. The van der Waals surface area contributed by atoms with Gasteiger partial charge in [-0.3, -0.25) is 0 Å². The average Bonchev–Trinajstić information content (AvgIpc) is 2.82. The molecule has 1 atom stereocenters. The van der Waals surface area contributed by atoms with E-state index in [-0.39, 0.29) is 9.92 Å². The van der Waals surface area contributed by atoms with Crippen LogP contribution in [0.25, 0.3) is 0 Å². The van der Waals surface area contributed by atoms with Gasteiger partial charge >= 0.3 is 0 Å². The van der Waals surface area contributed by atoms with Crippen molar-refractivity contribution >= 4 is 21.6 Å². The molecule has 2 rings (SSSR count). The first kappa shape index (κ1) is 13.1. The largest absolute Gasteiger partial charge is 0.468 e. The third kappa shape index (κ3) is 2.75. The molecule has 0 spiro atoms. The molecule has 0 aliphatic rings. The maximum Gasteiger partial charge on any atom is 0.242 e. The van der Waals surface area contributed by atoms with E-state index in [0.717, 1.165) is 0 Å². The lowest BCUT2D eigenvalue weighted by Gasteiger charge is -2.12. The number of hydrogen-bond donors (Lipinski definition) is 1. The van der Waals surface area contributed by atoms with Crippen LogP contribution >= 0.6 is 11.6 Å².